The maximum absolute atomic E-state index is 12.0. The Morgan fingerprint density at radius 3 is 3.00 bits per heavy atom. The first kappa shape index (κ1) is 14.5. The Labute approximate surface area is 138 Å². The Hall–Kier alpha value is -2.09. The lowest BCUT2D eigenvalue weighted by atomic mass is 10.00. The van der Waals surface area contributed by atoms with E-state index >= 15 is 0 Å². The number of hydrogen-bond acceptors (Lipinski definition) is 7. The monoisotopic (exact) mass is 330 g/mol. The zero-order chi connectivity index (χ0) is 15.8. The lowest BCUT2D eigenvalue weighted by Gasteiger charge is -2.40. The highest BCUT2D eigenvalue weighted by Gasteiger charge is 2.29. The molecule has 2 aromatic rings. The minimum absolute atomic E-state index is 0.0757. The van der Waals surface area contributed by atoms with Crippen LogP contribution in [0.1, 0.15) is 33.0 Å². The summed E-state index contributed by atoms with van der Waals surface area (Å²) in [4.78, 5) is 14.9. The van der Waals surface area contributed by atoms with Crippen molar-refractivity contribution in [1.82, 2.24) is 25.1 Å². The van der Waals surface area contributed by atoms with Crippen LogP contribution >= 0.6 is 11.5 Å². The molecule has 1 aliphatic carbocycles. The number of nitrogens with zero attached hydrogens (tertiary/aromatic N) is 5. The average Bonchev–Trinajstić information content (AvgIpc) is 3.13. The second-order valence-electron chi connectivity index (χ2n) is 6.20. The maximum atomic E-state index is 12.0. The lowest BCUT2D eigenvalue weighted by molar-refractivity contribution is 0.0948. The Balaban J connectivity index is 1.29. The molecular formula is C15H18N6OS. The van der Waals surface area contributed by atoms with E-state index in [0.29, 0.717) is 23.0 Å². The van der Waals surface area contributed by atoms with Crippen molar-refractivity contribution >= 4 is 23.3 Å². The third-order valence-electron chi connectivity index (χ3n) is 4.50. The molecule has 0 spiro atoms. The summed E-state index contributed by atoms with van der Waals surface area (Å²) in [6.07, 6.45) is 3.37. The van der Waals surface area contributed by atoms with Crippen LogP contribution in [0.25, 0.3) is 0 Å². The normalized spacial score (nSPS) is 17.0. The van der Waals surface area contributed by atoms with Crippen molar-refractivity contribution in [2.75, 3.05) is 24.5 Å². The molecule has 0 saturated carbocycles. The molecule has 23 heavy (non-hydrogen) atoms. The molecule has 120 valence electrons. The molecule has 1 saturated heterocycles. The summed E-state index contributed by atoms with van der Waals surface area (Å²) >= 11 is 1.14. The van der Waals surface area contributed by atoms with Crippen LogP contribution in [0.4, 0.5) is 5.82 Å². The first-order valence-electron chi connectivity index (χ1n) is 7.88. The third kappa shape index (κ3) is 2.78. The summed E-state index contributed by atoms with van der Waals surface area (Å²) in [6, 6.07) is 2.18. The molecule has 2 aliphatic rings. The minimum atomic E-state index is -0.0757. The first-order chi connectivity index (χ1) is 11.2. The molecule has 0 bridgehead atoms. The molecular weight excluding hydrogens is 312 g/mol. The quantitative estimate of drug-likeness (QED) is 0.900. The molecule has 2 aromatic heterocycles. The second kappa shape index (κ2) is 5.84. The Kier molecular flexibility index (Phi) is 3.68. The first-order valence-corrected chi connectivity index (χ1v) is 8.65. The van der Waals surface area contributed by atoms with E-state index in [1.54, 1.807) is 6.92 Å². The van der Waals surface area contributed by atoms with Gasteiger partial charge in [0.25, 0.3) is 5.91 Å². The predicted octanol–water partition coefficient (Wildman–Crippen LogP) is 0.991. The van der Waals surface area contributed by atoms with E-state index < -0.39 is 0 Å². The van der Waals surface area contributed by atoms with Crippen LogP contribution in [0.3, 0.4) is 0 Å². The van der Waals surface area contributed by atoms with Crippen molar-refractivity contribution in [2.45, 2.75) is 26.2 Å². The van der Waals surface area contributed by atoms with Gasteiger partial charge in [-0.25, -0.2) is 0 Å². The van der Waals surface area contributed by atoms with Gasteiger partial charge in [0.05, 0.1) is 11.4 Å². The van der Waals surface area contributed by atoms with E-state index in [1.807, 2.05) is 0 Å². The molecule has 1 aliphatic heterocycles. The van der Waals surface area contributed by atoms with E-state index in [2.05, 4.69) is 36.1 Å². The summed E-state index contributed by atoms with van der Waals surface area (Å²) in [5, 5.41) is 15.5. The largest absolute Gasteiger partial charge is 0.354 e. The van der Waals surface area contributed by atoms with Gasteiger partial charge in [-0.15, -0.1) is 10.2 Å². The molecule has 1 fully saturated rings. The van der Waals surface area contributed by atoms with Gasteiger partial charge in [-0.05, 0) is 49.3 Å². The fourth-order valence-corrected chi connectivity index (χ4v) is 3.69. The van der Waals surface area contributed by atoms with Crippen LogP contribution in [0, 0.1) is 12.8 Å². The zero-order valence-electron chi connectivity index (χ0n) is 12.9. The molecule has 7 nitrogen and oxygen atoms in total. The number of hydrogen-bond donors (Lipinski definition) is 1. The average molecular weight is 330 g/mol. The van der Waals surface area contributed by atoms with Crippen molar-refractivity contribution in [2.24, 2.45) is 5.92 Å². The molecule has 0 unspecified atom stereocenters. The van der Waals surface area contributed by atoms with E-state index in [0.717, 1.165) is 49.0 Å². The standard InChI is InChI=1S/C15H18N6OS/c1-9-14(23-20-17-9)15(22)16-6-10-7-21(8-10)13-5-11-3-2-4-12(11)18-19-13/h5,10H,2-4,6-8H2,1H3,(H,16,22). The lowest BCUT2D eigenvalue weighted by Crippen LogP contribution is -2.52. The van der Waals surface area contributed by atoms with Crippen LogP contribution in [0.5, 0.6) is 0 Å². The van der Waals surface area contributed by atoms with E-state index in [4.69, 9.17) is 0 Å². The predicted molar refractivity (Wildman–Crippen MR) is 86.7 cm³/mol. The summed E-state index contributed by atoms with van der Waals surface area (Å²) in [6.45, 7) is 4.29. The highest BCUT2D eigenvalue weighted by atomic mass is 32.1. The van der Waals surface area contributed by atoms with Crippen LogP contribution < -0.4 is 10.2 Å². The van der Waals surface area contributed by atoms with Crippen LogP contribution in [-0.2, 0) is 12.8 Å². The fraction of sp³-hybridized carbons (Fsp3) is 0.533. The molecule has 1 amide bonds. The molecule has 0 aromatic carbocycles. The molecule has 1 N–H and O–H groups in total. The number of nitrogens with one attached hydrogen (secondary N) is 1. The van der Waals surface area contributed by atoms with Crippen LogP contribution in [0.15, 0.2) is 6.07 Å². The number of anilines is 1. The summed E-state index contributed by atoms with van der Waals surface area (Å²) in [7, 11) is 0. The number of carbonyl (C=O) groups is 1. The Morgan fingerprint density at radius 1 is 1.35 bits per heavy atom. The second-order valence-corrected chi connectivity index (χ2v) is 6.95. The van der Waals surface area contributed by atoms with Crippen LogP contribution in [-0.4, -0.2) is 45.3 Å². The summed E-state index contributed by atoms with van der Waals surface area (Å²) in [5.74, 6) is 1.35. The fourth-order valence-electron chi connectivity index (χ4n) is 3.11. The van der Waals surface area contributed by atoms with Gasteiger partial charge in [-0.1, -0.05) is 4.49 Å². The summed E-state index contributed by atoms with van der Waals surface area (Å²) < 4.78 is 3.79. The maximum Gasteiger partial charge on any atom is 0.264 e. The van der Waals surface area contributed by atoms with Crippen molar-refractivity contribution in [3.63, 3.8) is 0 Å². The highest BCUT2D eigenvalue weighted by molar-refractivity contribution is 7.07. The minimum Gasteiger partial charge on any atom is -0.354 e. The Morgan fingerprint density at radius 2 is 2.22 bits per heavy atom. The third-order valence-corrected chi connectivity index (χ3v) is 5.32. The van der Waals surface area contributed by atoms with Crippen molar-refractivity contribution < 1.29 is 4.79 Å². The molecule has 0 radical (unpaired) electrons. The number of carbonyl (C=O) groups excluding carboxylic acids is 1. The van der Waals surface area contributed by atoms with Crippen molar-refractivity contribution in [1.29, 1.82) is 0 Å². The molecule has 0 atom stereocenters. The number of rotatable bonds is 4. The molecule has 4 rings (SSSR count). The van der Waals surface area contributed by atoms with Gasteiger partial charge in [-0.3, -0.25) is 4.79 Å². The highest BCUT2D eigenvalue weighted by Crippen LogP contribution is 2.26. The van der Waals surface area contributed by atoms with Gasteiger partial charge in [0.2, 0.25) is 0 Å². The SMILES string of the molecule is Cc1nnsc1C(=O)NCC1CN(c2cc3c(nn2)CCC3)C1. The van der Waals surface area contributed by atoms with Gasteiger partial charge >= 0.3 is 0 Å². The number of aryl methyl sites for hydroxylation is 3. The van der Waals surface area contributed by atoms with Gasteiger partial charge in [0, 0.05) is 25.6 Å². The van der Waals surface area contributed by atoms with Gasteiger partial charge in [0.1, 0.15) is 4.88 Å². The van der Waals surface area contributed by atoms with Crippen molar-refractivity contribution in [3.05, 3.63) is 27.9 Å². The number of fused-ring (bicyclic) bond motifs is 1. The Bertz CT molecular complexity index is 739. The van der Waals surface area contributed by atoms with Crippen molar-refractivity contribution in [3.8, 4) is 0 Å². The van der Waals surface area contributed by atoms with Gasteiger partial charge < -0.3 is 10.2 Å². The topological polar surface area (TPSA) is 83.9 Å². The zero-order valence-corrected chi connectivity index (χ0v) is 13.8. The van der Waals surface area contributed by atoms with E-state index in [-0.39, 0.29) is 5.91 Å². The van der Waals surface area contributed by atoms with Gasteiger partial charge in [-0.2, -0.15) is 5.10 Å². The molecule has 3 heterocycles. The van der Waals surface area contributed by atoms with E-state index in [9.17, 15) is 4.79 Å². The van der Waals surface area contributed by atoms with Crippen LogP contribution in [0.2, 0.25) is 0 Å². The molecule has 8 heteroatoms. The number of amides is 1. The summed E-state index contributed by atoms with van der Waals surface area (Å²) in [5.41, 5.74) is 3.20. The number of aromatic nitrogens is 4. The smallest absolute Gasteiger partial charge is 0.264 e. The van der Waals surface area contributed by atoms with E-state index in [1.165, 1.54) is 12.0 Å². The van der Waals surface area contributed by atoms with Gasteiger partial charge in [0.15, 0.2) is 5.82 Å².